The number of esters is 1. The molecule has 0 bridgehead atoms. The van der Waals surface area contributed by atoms with Gasteiger partial charge in [-0.3, -0.25) is 4.98 Å². The van der Waals surface area contributed by atoms with Crippen LogP contribution in [0.3, 0.4) is 0 Å². The van der Waals surface area contributed by atoms with Gasteiger partial charge >= 0.3 is 5.97 Å². The summed E-state index contributed by atoms with van der Waals surface area (Å²) >= 11 is 0. The summed E-state index contributed by atoms with van der Waals surface area (Å²) in [5.74, 6) is -0.348. The fourth-order valence-electron chi connectivity index (χ4n) is 2.19. The molecule has 0 aliphatic carbocycles. The molecule has 2 heterocycles. The number of methoxy groups -OCH3 is 1. The number of nitrogens with one attached hydrogen (secondary N) is 1. The Hall–Kier alpha value is -1.62. The van der Waals surface area contributed by atoms with E-state index in [2.05, 4.69) is 29.0 Å². The van der Waals surface area contributed by atoms with Crippen molar-refractivity contribution in [2.75, 3.05) is 31.6 Å². The zero-order valence-electron chi connectivity index (χ0n) is 11.1. The second-order valence-electron chi connectivity index (χ2n) is 5.16. The predicted molar refractivity (Wildman–Crippen MR) is 69.9 cm³/mol. The molecule has 98 valence electrons. The third-order valence-corrected chi connectivity index (χ3v) is 3.08. The molecule has 18 heavy (non-hydrogen) atoms. The molecule has 0 atom stereocenters. The van der Waals surface area contributed by atoms with Gasteiger partial charge in [0, 0.05) is 31.4 Å². The van der Waals surface area contributed by atoms with Crippen LogP contribution in [-0.2, 0) is 4.74 Å². The molecule has 1 aromatic heterocycles. The molecule has 0 unspecified atom stereocenters. The average molecular weight is 249 g/mol. The first-order chi connectivity index (χ1) is 8.52. The number of ether oxygens (including phenoxy) is 1. The van der Waals surface area contributed by atoms with E-state index < -0.39 is 0 Å². The molecule has 1 aliphatic rings. The third kappa shape index (κ3) is 2.79. The highest BCUT2D eigenvalue weighted by atomic mass is 16.5. The summed E-state index contributed by atoms with van der Waals surface area (Å²) in [5, 5.41) is 3.45. The van der Waals surface area contributed by atoms with Gasteiger partial charge in [0.2, 0.25) is 0 Å². The molecule has 1 saturated heterocycles. The van der Waals surface area contributed by atoms with Gasteiger partial charge in [0.15, 0.2) is 0 Å². The summed E-state index contributed by atoms with van der Waals surface area (Å²) in [6.07, 6.45) is 3.32. The van der Waals surface area contributed by atoms with E-state index in [1.807, 2.05) is 6.07 Å². The van der Waals surface area contributed by atoms with Gasteiger partial charge < -0.3 is 15.0 Å². The minimum absolute atomic E-state index is 0.0690. The number of piperazine rings is 1. The van der Waals surface area contributed by atoms with Crippen molar-refractivity contribution in [1.82, 2.24) is 10.3 Å². The molecule has 1 aromatic rings. The highest BCUT2D eigenvalue weighted by molar-refractivity contribution is 5.90. The number of nitrogens with zero attached hydrogens (tertiary/aromatic N) is 2. The highest BCUT2D eigenvalue weighted by Crippen LogP contribution is 2.20. The Morgan fingerprint density at radius 1 is 1.50 bits per heavy atom. The Labute approximate surface area is 107 Å². The number of hydrogen-bond donors (Lipinski definition) is 1. The number of pyridine rings is 1. The largest absolute Gasteiger partial charge is 0.465 e. The van der Waals surface area contributed by atoms with E-state index in [4.69, 9.17) is 4.74 Å². The first-order valence-electron chi connectivity index (χ1n) is 6.05. The first-order valence-corrected chi connectivity index (χ1v) is 6.05. The maximum Gasteiger partial charge on any atom is 0.339 e. The fourth-order valence-corrected chi connectivity index (χ4v) is 2.19. The van der Waals surface area contributed by atoms with E-state index in [-0.39, 0.29) is 11.5 Å². The van der Waals surface area contributed by atoms with Crippen molar-refractivity contribution >= 4 is 11.7 Å². The summed E-state index contributed by atoms with van der Waals surface area (Å²) in [6.45, 7) is 7.05. The SMILES string of the molecule is COC(=O)c1cncc(N2CCNC(C)(C)C2)c1. The van der Waals surface area contributed by atoms with Crippen LogP contribution in [-0.4, -0.2) is 43.2 Å². The third-order valence-electron chi connectivity index (χ3n) is 3.08. The quantitative estimate of drug-likeness (QED) is 0.794. The number of anilines is 1. The Kier molecular flexibility index (Phi) is 3.52. The second kappa shape index (κ2) is 4.94. The van der Waals surface area contributed by atoms with Crippen molar-refractivity contribution in [1.29, 1.82) is 0 Å². The molecule has 1 fully saturated rings. The standard InChI is InChI=1S/C13H19N3O2/c1-13(2)9-16(5-4-15-13)11-6-10(7-14-8-11)12(17)18-3/h6-8,15H,4-5,9H2,1-3H3. The van der Waals surface area contributed by atoms with Gasteiger partial charge in [-0.05, 0) is 19.9 Å². The van der Waals surface area contributed by atoms with Crippen molar-refractivity contribution in [2.24, 2.45) is 0 Å². The van der Waals surface area contributed by atoms with E-state index in [1.54, 1.807) is 6.20 Å². The van der Waals surface area contributed by atoms with Gasteiger partial charge in [-0.2, -0.15) is 0 Å². The summed E-state index contributed by atoms with van der Waals surface area (Å²) in [7, 11) is 1.38. The molecule has 5 heteroatoms. The minimum atomic E-state index is -0.348. The van der Waals surface area contributed by atoms with Gasteiger partial charge in [0.1, 0.15) is 0 Å². The second-order valence-corrected chi connectivity index (χ2v) is 5.16. The van der Waals surface area contributed by atoms with Crippen LogP contribution in [0.5, 0.6) is 0 Å². The van der Waals surface area contributed by atoms with Gasteiger partial charge in [-0.25, -0.2) is 4.79 Å². The number of rotatable bonds is 2. The van der Waals surface area contributed by atoms with Gasteiger partial charge in [0.05, 0.1) is 24.6 Å². The topological polar surface area (TPSA) is 54.5 Å². The Morgan fingerprint density at radius 3 is 2.94 bits per heavy atom. The van der Waals surface area contributed by atoms with Crippen molar-refractivity contribution < 1.29 is 9.53 Å². The smallest absolute Gasteiger partial charge is 0.339 e. The van der Waals surface area contributed by atoms with Crippen LogP contribution in [0.15, 0.2) is 18.5 Å². The molecule has 5 nitrogen and oxygen atoms in total. The molecule has 2 rings (SSSR count). The molecule has 0 amide bonds. The Bertz CT molecular complexity index is 446. The van der Waals surface area contributed by atoms with Crippen molar-refractivity contribution in [3.63, 3.8) is 0 Å². The average Bonchev–Trinajstić information content (AvgIpc) is 2.37. The van der Waals surface area contributed by atoms with Gasteiger partial charge in [-0.1, -0.05) is 0 Å². The maximum atomic E-state index is 11.5. The molecule has 0 radical (unpaired) electrons. The van der Waals surface area contributed by atoms with Crippen LogP contribution in [0, 0.1) is 0 Å². The van der Waals surface area contributed by atoms with E-state index >= 15 is 0 Å². The van der Waals surface area contributed by atoms with E-state index in [9.17, 15) is 4.79 Å². The number of carbonyl (C=O) groups excluding carboxylic acids is 1. The lowest BCUT2D eigenvalue weighted by atomic mass is 10.0. The number of carbonyl (C=O) groups is 1. The molecule has 1 aliphatic heterocycles. The summed E-state index contributed by atoms with van der Waals surface area (Å²) < 4.78 is 4.71. The van der Waals surface area contributed by atoms with Crippen molar-refractivity contribution in [3.05, 3.63) is 24.0 Å². The molecule has 1 N–H and O–H groups in total. The van der Waals surface area contributed by atoms with Crippen LogP contribution in [0.4, 0.5) is 5.69 Å². The van der Waals surface area contributed by atoms with Gasteiger partial charge in [0.25, 0.3) is 0 Å². The number of aromatic nitrogens is 1. The van der Waals surface area contributed by atoms with Crippen LogP contribution in [0.25, 0.3) is 0 Å². The lowest BCUT2D eigenvalue weighted by Crippen LogP contribution is -2.57. The Balaban J connectivity index is 2.20. The summed E-state index contributed by atoms with van der Waals surface area (Å²) in [4.78, 5) is 17.8. The lowest BCUT2D eigenvalue weighted by Gasteiger charge is -2.40. The lowest BCUT2D eigenvalue weighted by molar-refractivity contribution is 0.0600. The van der Waals surface area contributed by atoms with Crippen LogP contribution in [0.2, 0.25) is 0 Å². The van der Waals surface area contributed by atoms with Gasteiger partial charge in [-0.15, -0.1) is 0 Å². The maximum absolute atomic E-state index is 11.5. The molecule has 0 aromatic carbocycles. The van der Waals surface area contributed by atoms with E-state index in [0.29, 0.717) is 5.56 Å². The summed E-state index contributed by atoms with van der Waals surface area (Å²) in [6, 6.07) is 1.83. The highest BCUT2D eigenvalue weighted by Gasteiger charge is 2.26. The molecule has 0 saturated carbocycles. The fraction of sp³-hybridized carbons (Fsp3) is 0.538. The van der Waals surface area contributed by atoms with Crippen LogP contribution in [0.1, 0.15) is 24.2 Å². The molecule has 0 spiro atoms. The minimum Gasteiger partial charge on any atom is -0.465 e. The number of hydrogen-bond acceptors (Lipinski definition) is 5. The molecular weight excluding hydrogens is 230 g/mol. The van der Waals surface area contributed by atoms with Crippen LogP contribution < -0.4 is 10.2 Å². The predicted octanol–water partition coefficient (Wildman–Crippen LogP) is 1.06. The van der Waals surface area contributed by atoms with Crippen molar-refractivity contribution in [2.45, 2.75) is 19.4 Å². The normalized spacial score (nSPS) is 18.5. The van der Waals surface area contributed by atoms with Crippen LogP contribution >= 0.6 is 0 Å². The Morgan fingerprint density at radius 2 is 2.28 bits per heavy atom. The van der Waals surface area contributed by atoms with E-state index in [1.165, 1.54) is 13.3 Å². The first kappa shape index (κ1) is 12.8. The zero-order chi connectivity index (χ0) is 13.2. The summed E-state index contributed by atoms with van der Waals surface area (Å²) in [5.41, 5.74) is 1.53. The molecular formula is C13H19N3O2. The van der Waals surface area contributed by atoms with Crippen molar-refractivity contribution in [3.8, 4) is 0 Å². The van der Waals surface area contributed by atoms with E-state index in [0.717, 1.165) is 25.3 Å². The monoisotopic (exact) mass is 249 g/mol. The zero-order valence-corrected chi connectivity index (χ0v) is 11.1.